The standard InChI is InChI=1S/C17H22N2O3S/c1-17(2,3)22-16(20)19-15-18-14(12-23-15)9-10-21-11-13-7-5-4-6-8-13/h4-8,12H,9-11H2,1-3H3,(H,18,19,20). The van der Waals surface area contributed by atoms with Crippen molar-refractivity contribution < 1.29 is 14.3 Å². The van der Waals surface area contributed by atoms with Gasteiger partial charge in [-0.15, -0.1) is 11.3 Å². The summed E-state index contributed by atoms with van der Waals surface area (Å²) in [7, 11) is 0. The number of benzene rings is 1. The summed E-state index contributed by atoms with van der Waals surface area (Å²) in [6.07, 6.45) is 0.220. The minimum atomic E-state index is -0.518. The molecule has 2 aromatic rings. The van der Waals surface area contributed by atoms with E-state index in [9.17, 15) is 4.79 Å². The van der Waals surface area contributed by atoms with E-state index in [1.165, 1.54) is 11.3 Å². The van der Waals surface area contributed by atoms with Crippen LogP contribution in [0, 0.1) is 0 Å². The van der Waals surface area contributed by atoms with Crippen LogP contribution < -0.4 is 5.32 Å². The van der Waals surface area contributed by atoms with Crippen LogP contribution in [0.3, 0.4) is 0 Å². The van der Waals surface area contributed by atoms with Crippen molar-refractivity contribution in [1.29, 1.82) is 0 Å². The van der Waals surface area contributed by atoms with E-state index >= 15 is 0 Å². The maximum atomic E-state index is 11.7. The van der Waals surface area contributed by atoms with E-state index in [0.717, 1.165) is 11.3 Å². The second kappa shape index (κ2) is 8.08. The Morgan fingerprint density at radius 3 is 2.70 bits per heavy atom. The van der Waals surface area contributed by atoms with Crippen molar-refractivity contribution in [1.82, 2.24) is 4.98 Å². The van der Waals surface area contributed by atoms with Crippen molar-refractivity contribution in [3.8, 4) is 0 Å². The molecule has 0 saturated heterocycles. The van der Waals surface area contributed by atoms with Gasteiger partial charge in [0.2, 0.25) is 0 Å². The first-order valence-corrected chi connectivity index (χ1v) is 8.36. The molecule has 0 radical (unpaired) electrons. The van der Waals surface area contributed by atoms with Gasteiger partial charge >= 0.3 is 6.09 Å². The first kappa shape index (κ1) is 17.4. The monoisotopic (exact) mass is 334 g/mol. The van der Waals surface area contributed by atoms with Crippen LogP contribution in [0.25, 0.3) is 0 Å². The number of ether oxygens (including phenoxy) is 2. The van der Waals surface area contributed by atoms with E-state index in [4.69, 9.17) is 9.47 Å². The molecule has 0 saturated carbocycles. The minimum absolute atomic E-state index is 0.487. The predicted octanol–water partition coefficient (Wildman–Crippen LogP) is 4.25. The van der Waals surface area contributed by atoms with E-state index in [-0.39, 0.29) is 0 Å². The molecule has 1 heterocycles. The highest BCUT2D eigenvalue weighted by atomic mass is 32.1. The molecule has 0 aliphatic heterocycles. The van der Waals surface area contributed by atoms with E-state index in [2.05, 4.69) is 10.3 Å². The molecule has 0 spiro atoms. The molecule has 6 heteroatoms. The third-order valence-electron chi connectivity index (χ3n) is 2.77. The fraction of sp³-hybridized carbons (Fsp3) is 0.412. The van der Waals surface area contributed by atoms with Crippen LogP contribution in [0.5, 0.6) is 0 Å². The zero-order valence-electron chi connectivity index (χ0n) is 13.7. The lowest BCUT2D eigenvalue weighted by Crippen LogP contribution is -2.27. The van der Waals surface area contributed by atoms with Crippen molar-refractivity contribution in [2.45, 2.75) is 39.4 Å². The maximum Gasteiger partial charge on any atom is 0.413 e. The molecule has 1 aromatic heterocycles. The molecule has 124 valence electrons. The number of aromatic nitrogens is 1. The molecule has 0 aliphatic rings. The minimum Gasteiger partial charge on any atom is -0.444 e. The second-order valence-electron chi connectivity index (χ2n) is 6.06. The Labute approximate surface area is 140 Å². The van der Waals surface area contributed by atoms with Crippen LogP contribution in [0.15, 0.2) is 35.7 Å². The maximum absolute atomic E-state index is 11.7. The Balaban J connectivity index is 1.71. The summed E-state index contributed by atoms with van der Waals surface area (Å²) in [5.74, 6) is 0. The molecule has 1 aromatic carbocycles. The third kappa shape index (κ3) is 6.80. The number of amides is 1. The van der Waals surface area contributed by atoms with Crippen LogP contribution in [0.2, 0.25) is 0 Å². The summed E-state index contributed by atoms with van der Waals surface area (Å²) in [5.41, 5.74) is 1.53. The SMILES string of the molecule is CC(C)(C)OC(=O)Nc1nc(CCOCc2ccccc2)cs1. The lowest BCUT2D eigenvalue weighted by molar-refractivity contribution is 0.0636. The zero-order valence-corrected chi connectivity index (χ0v) is 14.5. The van der Waals surface area contributed by atoms with Crippen molar-refractivity contribution in [3.05, 3.63) is 47.0 Å². The highest BCUT2D eigenvalue weighted by Gasteiger charge is 2.17. The first-order valence-electron chi connectivity index (χ1n) is 7.48. The summed E-state index contributed by atoms with van der Waals surface area (Å²) >= 11 is 1.38. The predicted molar refractivity (Wildman–Crippen MR) is 91.8 cm³/mol. The van der Waals surface area contributed by atoms with Crippen molar-refractivity contribution >= 4 is 22.6 Å². The van der Waals surface area contributed by atoms with Gasteiger partial charge in [0.15, 0.2) is 5.13 Å². The Morgan fingerprint density at radius 2 is 2.00 bits per heavy atom. The molecule has 1 N–H and O–H groups in total. The van der Waals surface area contributed by atoms with E-state index in [0.29, 0.717) is 24.8 Å². The smallest absolute Gasteiger partial charge is 0.413 e. The van der Waals surface area contributed by atoms with Crippen molar-refractivity contribution in [3.63, 3.8) is 0 Å². The molecule has 0 atom stereocenters. The molecule has 0 unspecified atom stereocenters. The van der Waals surface area contributed by atoms with E-state index < -0.39 is 11.7 Å². The number of carbonyl (C=O) groups is 1. The highest BCUT2D eigenvalue weighted by molar-refractivity contribution is 7.13. The zero-order chi connectivity index (χ0) is 16.7. The molecule has 2 rings (SSSR count). The quantitative estimate of drug-likeness (QED) is 0.802. The topological polar surface area (TPSA) is 60.5 Å². The number of thiazole rings is 1. The van der Waals surface area contributed by atoms with Gasteiger partial charge in [-0.25, -0.2) is 9.78 Å². The Hall–Kier alpha value is -1.92. The van der Waals surface area contributed by atoms with Gasteiger partial charge in [0.05, 0.1) is 18.9 Å². The third-order valence-corrected chi connectivity index (χ3v) is 3.58. The summed E-state index contributed by atoms with van der Waals surface area (Å²) in [5, 5.41) is 5.09. The summed E-state index contributed by atoms with van der Waals surface area (Å²) in [6.45, 7) is 6.65. The fourth-order valence-corrected chi connectivity index (χ4v) is 2.54. The fourth-order valence-electron chi connectivity index (χ4n) is 1.81. The number of nitrogens with one attached hydrogen (secondary N) is 1. The van der Waals surface area contributed by atoms with Crippen LogP contribution >= 0.6 is 11.3 Å². The molecule has 5 nitrogen and oxygen atoms in total. The second-order valence-corrected chi connectivity index (χ2v) is 6.92. The van der Waals surface area contributed by atoms with Gasteiger partial charge in [0.25, 0.3) is 0 Å². The number of rotatable bonds is 6. The summed E-state index contributed by atoms with van der Waals surface area (Å²) in [6, 6.07) is 10.0. The molecule has 1 amide bonds. The lowest BCUT2D eigenvalue weighted by Gasteiger charge is -2.18. The Morgan fingerprint density at radius 1 is 1.26 bits per heavy atom. The molecule has 23 heavy (non-hydrogen) atoms. The molecule has 0 fully saturated rings. The lowest BCUT2D eigenvalue weighted by atomic mass is 10.2. The number of carbonyl (C=O) groups excluding carboxylic acids is 1. The summed E-state index contributed by atoms with van der Waals surface area (Å²) in [4.78, 5) is 16.0. The number of hydrogen-bond acceptors (Lipinski definition) is 5. The van der Waals surface area contributed by atoms with E-state index in [1.54, 1.807) is 0 Å². The van der Waals surface area contributed by atoms with Crippen LogP contribution in [0.4, 0.5) is 9.93 Å². The van der Waals surface area contributed by atoms with Gasteiger partial charge in [0.1, 0.15) is 5.60 Å². The van der Waals surface area contributed by atoms with Gasteiger partial charge in [-0.1, -0.05) is 30.3 Å². The van der Waals surface area contributed by atoms with Crippen molar-refractivity contribution in [2.75, 3.05) is 11.9 Å². The molecular weight excluding hydrogens is 312 g/mol. The Bertz CT molecular complexity index is 620. The normalized spacial score (nSPS) is 11.3. The molecule has 0 bridgehead atoms. The van der Waals surface area contributed by atoms with Gasteiger partial charge in [-0.2, -0.15) is 0 Å². The van der Waals surface area contributed by atoms with E-state index in [1.807, 2.05) is 56.5 Å². The molecule has 0 aliphatic carbocycles. The van der Waals surface area contributed by atoms with Crippen molar-refractivity contribution in [2.24, 2.45) is 0 Å². The molecular formula is C17H22N2O3S. The van der Waals surface area contributed by atoms with Gasteiger partial charge < -0.3 is 9.47 Å². The number of hydrogen-bond donors (Lipinski definition) is 1. The summed E-state index contributed by atoms with van der Waals surface area (Å²) < 4.78 is 10.8. The first-order chi connectivity index (χ1) is 10.9. The van der Waals surface area contributed by atoms with Gasteiger partial charge in [-0.05, 0) is 26.3 Å². The van der Waals surface area contributed by atoms with Crippen LogP contribution in [0.1, 0.15) is 32.0 Å². The van der Waals surface area contributed by atoms with Gasteiger partial charge in [0, 0.05) is 11.8 Å². The number of nitrogens with zero attached hydrogens (tertiary/aromatic N) is 1. The largest absolute Gasteiger partial charge is 0.444 e. The van der Waals surface area contributed by atoms with Crippen LogP contribution in [-0.2, 0) is 22.5 Å². The average Bonchev–Trinajstić information content (AvgIpc) is 2.90. The highest BCUT2D eigenvalue weighted by Crippen LogP contribution is 2.17. The average molecular weight is 334 g/mol. The van der Waals surface area contributed by atoms with Crippen LogP contribution in [-0.4, -0.2) is 23.3 Å². The Kier molecular flexibility index (Phi) is 6.12. The number of anilines is 1. The van der Waals surface area contributed by atoms with Gasteiger partial charge in [-0.3, -0.25) is 5.32 Å².